The van der Waals surface area contributed by atoms with Crippen LogP contribution in [-0.2, 0) is 4.79 Å². The van der Waals surface area contributed by atoms with E-state index in [1.54, 1.807) is 11.8 Å². The maximum atomic E-state index is 11.9. The molecule has 0 aliphatic rings. The quantitative estimate of drug-likeness (QED) is 0.776. The molecule has 5 heteroatoms. The van der Waals surface area contributed by atoms with Crippen molar-refractivity contribution in [2.24, 2.45) is 0 Å². The van der Waals surface area contributed by atoms with E-state index in [0.717, 1.165) is 0 Å². The highest BCUT2D eigenvalue weighted by molar-refractivity contribution is 7.17. The topological polar surface area (TPSA) is 50.3 Å². The smallest absolute Gasteiger partial charge is 0.228 e. The van der Waals surface area contributed by atoms with Crippen molar-refractivity contribution in [1.29, 1.82) is 0 Å². The molecule has 1 amide bonds. The molecule has 0 bridgehead atoms. The molecule has 0 saturated heterocycles. The first kappa shape index (κ1) is 13.8. The van der Waals surface area contributed by atoms with Gasteiger partial charge in [0.2, 0.25) is 5.91 Å². The molecule has 1 aromatic rings. The van der Waals surface area contributed by atoms with Crippen LogP contribution in [0.25, 0.3) is 0 Å². The largest absolute Gasteiger partial charge is 0.294 e. The fourth-order valence-electron chi connectivity index (χ4n) is 1.60. The maximum Gasteiger partial charge on any atom is 0.228 e. The maximum absolute atomic E-state index is 11.9. The number of nitrogens with zero attached hydrogens (tertiary/aromatic N) is 2. The van der Waals surface area contributed by atoms with E-state index in [-0.39, 0.29) is 17.7 Å². The zero-order chi connectivity index (χ0) is 13.2. The van der Waals surface area contributed by atoms with Crippen molar-refractivity contribution in [3.63, 3.8) is 0 Å². The molecule has 0 unspecified atom stereocenters. The van der Waals surface area contributed by atoms with Gasteiger partial charge < -0.3 is 0 Å². The van der Waals surface area contributed by atoms with Gasteiger partial charge in [-0.2, -0.15) is 0 Å². The number of rotatable bonds is 4. The summed E-state index contributed by atoms with van der Waals surface area (Å²) in [5.41, 5.74) is 0.701. The van der Waals surface area contributed by atoms with E-state index in [0.29, 0.717) is 22.1 Å². The lowest BCUT2D eigenvalue weighted by Gasteiger charge is -2.23. The molecule has 0 N–H and O–H groups in total. The third kappa shape index (κ3) is 2.91. The van der Waals surface area contributed by atoms with Gasteiger partial charge in [0.1, 0.15) is 0 Å². The van der Waals surface area contributed by atoms with Crippen LogP contribution in [0.3, 0.4) is 0 Å². The van der Waals surface area contributed by atoms with Gasteiger partial charge in [-0.15, -0.1) is 0 Å². The molecule has 0 fully saturated rings. The fourth-order valence-corrected chi connectivity index (χ4v) is 2.71. The number of hydrogen-bond acceptors (Lipinski definition) is 4. The molecule has 0 spiro atoms. The van der Waals surface area contributed by atoms with Crippen LogP contribution in [0.15, 0.2) is 0 Å². The Morgan fingerprint density at radius 3 is 2.35 bits per heavy atom. The number of hydrogen-bond donors (Lipinski definition) is 0. The van der Waals surface area contributed by atoms with Crippen LogP contribution in [0.1, 0.15) is 49.5 Å². The molecule has 0 aliphatic heterocycles. The van der Waals surface area contributed by atoms with Gasteiger partial charge in [0.15, 0.2) is 10.9 Å². The van der Waals surface area contributed by atoms with Crippen molar-refractivity contribution in [1.82, 2.24) is 4.98 Å². The number of amides is 1. The van der Waals surface area contributed by atoms with Crippen molar-refractivity contribution in [2.75, 3.05) is 4.90 Å². The summed E-state index contributed by atoms with van der Waals surface area (Å²) in [5.74, 6) is 0.0303. The van der Waals surface area contributed by atoms with Gasteiger partial charge in [-0.05, 0) is 20.8 Å². The van der Waals surface area contributed by atoms with Crippen molar-refractivity contribution in [3.05, 3.63) is 10.6 Å². The Morgan fingerprint density at radius 1 is 1.41 bits per heavy atom. The second-order valence-electron chi connectivity index (χ2n) is 4.18. The highest BCUT2D eigenvalue weighted by Gasteiger charge is 2.23. The fraction of sp³-hybridized carbons (Fsp3) is 0.583. The summed E-state index contributed by atoms with van der Waals surface area (Å²) in [6.07, 6.45) is 0.437. The lowest BCUT2D eigenvalue weighted by atomic mass is 10.3. The van der Waals surface area contributed by atoms with Crippen molar-refractivity contribution >= 4 is 28.2 Å². The van der Waals surface area contributed by atoms with Crippen LogP contribution in [0.4, 0.5) is 5.13 Å². The van der Waals surface area contributed by atoms with E-state index >= 15 is 0 Å². The zero-order valence-electron chi connectivity index (χ0n) is 10.9. The predicted octanol–water partition coefficient (Wildman–Crippen LogP) is 2.81. The van der Waals surface area contributed by atoms with Crippen LogP contribution in [-0.4, -0.2) is 22.7 Å². The minimum atomic E-state index is -0.00102. The van der Waals surface area contributed by atoms with Crippen LogP contribution >= 0.6 is 11.3 Å². The molecular formula is C12H18N2O2S. The number of aromatic nitrogens is 1. The van der Waals surface area contributed by atoms with Gasteiger partial charge in [-0.25, -0.2) is 4.98 Å². The van der Waals surface area contributed by atoms with Crippen LogP contribution in [0.5, 0.6) is 0 Å². The van der Waals surface area contributed by atoms with Crippen molar-refractivity contribution in [2.45, 2.75) is 47.1 Å². The second-order valence-corrected chi connectivity index (χ2v) is 5.16. The van der Waals surface area contributed by atoms with Crippen molar-refractivity contribution in [3.8, 4) is 0 Å². The number of Topliss-reactive ketones (excluding diaryl/α,β-unsaturated/α-hetero) is 1. The molecule has 1 rings (SSSR count). The number of anilines is 1. The third-order valence-corrected chi connectivity index (χ3v) is 3.66. The Hall–Kier alpha value is -1.23. The summed E-state index contributed by atoms with van der Waals surface area (Å²) >= 11 is 1.29. The van der Waals surface area contributed by atoms with E-state index in [9.17, 15) is 9.59 Å². The van der Waals surface area contributed by atoms with E-state index < -0.39 is 0 Å². The predicted molar refractivity (Wildman–Crippen MR) is 69.8 cm³/mol. The molecule has 0 aromatic carbocycles. The highest BCUT2D eigenvalue weighted by Crippen LogP contribution is 2.28. The minimum absolute atomic E-state index is 0.00102. The molecule has 4 nitrogen and oxygen atoms in total. The third-order valence-electron chi connectivity index (χ3n) is 2.40. The number of ketones is 1. The summed E-state index contributed by atoms with van der Waals surface area (Å²) in [7, 11) is 0. The zero-order valence-corrected chi connectivity index (χ0v) is 11.7. The molecule has 94 valence electrons. The molecule has 0 saturated carbocycles. The highest BCUT2D eigenvalue weighted by atomic mass is 32.1. The first-order valence-electron chi connectivity index (χ1n) is 5.68. The lowest BCUT2D eigenvalue weighted by molar-refractivity contribution is -0.118. The average Bonchev–Trinajstić information content (AvgIpc) is 2.59. The Bertz CT molecular complexity index is 438. The molecule has 1 aromatic heterocycles. The number of aryl methyl sites for hydroxylation is 1. The molecule has 17 heavy (non-hydrogen) atoms. The molecular weight excluding hydrogens is 236 g/mol. The molecule has 0 radical (unpaired) electrons. The minimum Gasteiger partial charge on any atom is -0.294 e. The van der Waals surface area contributed by atoms with Gasteiger partial charge in [0, 0.05) is 19.4 Å². The number of thiazole rings is 1. The summed E-state index contributed by atoms with van der Waals surface area (Å²) in [6, 6.07) is 0.0489. The summed E-state index contributed by atoms with van der Waals surface area (Å²) < 4.78 is 0. The van der Waals surface area contributed by atoms with Crippen LogP contribution in [0, 0.1) is 6.92 Å². The monoisotopic (exact) mass is 254 g/mol. The van der Waals surface area contributed by atoms with Gasteiger partial charge in [0.05, 0.1) is 10.6 Å². The SMILES string of the molecule is CCC(=O)N(c1nc(C)c(C(C)=O)s1)C(C)C. The van der Waals surface area contributed by atoms with Gasteiger partial charge in [-0.1, -0.05) is 18.3 Å². The Labute approximate surface area is 106 Å². The Balaban J connectivity index is 3.16. The van der Waals surface area contributed by atoms with E-state index in [2.05, 4.69) is 4.98 Å². The number of carbonyl (C=O) groups excluding carboxylic acids is 2. The molecule has 0 aliphatic carbocycles. The Morgan fingerprint density at radius 2 is 2.00 bits per heavy atom. The summed E-state index contributed by atoms with van der Waals surface area (Å²) in [6.45, 7) is 9.02. The van der Waals surface area contributed by atoms with Gasteiger partial charge >= 0.3 is 0 Å². The summed E-state index contributed by atoms with van der Waals surface area (Å²) in [5, 5.41) is 0.620. The standard InChI is InChI=1S/C12H18N2O2S/c1-6-10(16)14(7(2)3)12-13-8(4)11(17-12)9(5)15/h7H,6H2,1-5H3. The molecule has 0 atom stereocenters. The van der Waals surface area contributed by atoms with Crippen LogP contribution in [0.2, 0.25) is 0 Å². The Kier molecular flexibility index (Phi) is 4.40. The van der Waals surface area contributed by atoms with E-state index in [4.69, 9.17) is 0 Å². The second kappa shape index (κ2) is 5.40. The lowest BCUT2D eigenvalue weighted by Crippen LogP contribution is -2.36. The van der Waals surface area contributed by atoms with E-state index in [1.807, 2.05) is 20.8 Å². The van der Waals surface area contributed by atoms with Gasteiger partial charge in [-0.3, -0.25) is 14.5 Å². The normalized spacial score (nSPS) is 10.7. The van der Waals surface area contributed by atoms with Crippen molar-refractivity contribution < 1.29 is 9.59 Å². The van der Waals surface area contributed by atoms with E-state index in [1.165, 1.54) is 18.3 Å². The first-order chi connectivity index (χ1) is 7.88. The number of carbonyl (C=O) groups is 2. The van der Waals surface area contributed by atoms with Crippen LogP contribution < -0.4 is 4.90 Å². The first-order valence-corrected chi connectivity index (χ1v) is 6.50. The van der Waals surface area contributed by atoms with Gasteiger partial charge in [0.25, 0.3) is 0 Å². The summed E-state index contributed by atoms with van der Waals surface area (Å²) in [4.78, 5) is 29.8. The molecule has 1 heterocycles. The average molecular weight is 254 g/mol.